The second-order valence-electron chi connectivity index (χ2n) is 11.6. The van der Waals surface area contributed by atoms with Crippen molar-refractivity contribution in [1.29, 1.82) is 0 Å². The molecule has 0 spiro atoms. The second kappa shape index (κ2) is 10.0. The number of nitrogen functional groups attached to an aromatic ring is 1. The zero-order valence-electron chi connectivity index (χ0n) is 23.7. The van der Waals surface area contributed by atoms with Gasteiger partial charge in [0.05, 0.1) is 24.1 Å². The predicted octanol–water partition coefficient (Wildman–Crippen LogP) is 6.43. The largest absolute Gasteiger partial charge is 0.413 e. The quantitative estimate of drug-likeness (QED) is 0.237. The molecule has 39 heavy (non-hydrogen) atoms. The molecule has 1 aromatic carbocycles. The van der Waals surface area contributed by atoms with E-state index in [4.69, 9.17) is 20.1 Å². The Morgan fingerprint density at radius 3 is 2.36 bits per heavy atom. The van der Waals surface area contributed by atoms with Gasteiger partial charge in [0.25, 0.3) is 0 Å². The summed E-state index contributed by atoms with van der Waals surface area (Å²) in [7, 11) is -1.85. The molecule has 5 aromatic rings. The highest BCUT2D eigenvalue weighted by molar-refractivity contribution is 6.74. The minimum atomic E-state index is -1.85. The molecule has 0 atom stereocenters. The summed E-state index contributed by atoms with van der Waals surface area (Å²) in [6.07, 6.45) is 3.59. The van der Waals surface area contributed by atoms with E-state index >= 15 is 0 Å². The molecule has 4 aromatic heterocycles. The topological polar surface area (TPSA) is 110 Å². The molecular weight excluding hydrogens is 504 g/mol. The van der Waals surface area contributed by atoms with Gasteiger partial charge in [0.15, 0.2) is 19.8 Å². The fraction of sp³-hybridized carbons (Fsp3) is 0.345. The molecule has 0 aliphatic carbocycles. The summed E-state index contributed by atoms with van der Waals surface area (Å²) < 4.78 is 10.3. The normalized spacial score (nSPS) is 12.5. The molecule has 0 saturated carbocycles. The van der Waals surface area contributed by atoms with Gasteiger partial charge in [-0.2, -0.15) is 0 Å². The number of fused-ring (bicyclic) bond motifs is 1. The Kier molecular flexibility index (Phi) is 6.85. The van der Waals surface area contributed by atoms with E-state index in [1.54, 1.807) is 6.20 Å². The summed E-state index contributed by atoms with van der Waals surface area (Å²) in [6.45, 7) is 16.0. The Labute approximate surface area is 230 Å². The van der Waals surface area contributed by atoms with Crippen molar-refractivity contribution in [1.82, 2.24) is 34.5 Å². The van der Waals surface area contributed by atoms with E-state index in [1.807, 2.05) is 39.7 Å². The van der Waals surface area contributed by atoms with Crippen LogP contribution >= 0.6 is 0 Å². The number of aromatic nitrogens is 7. The van der Waals surface area contributed by atoms with Crippen LogP contribution < -0.4 is 5.73 Å². The highest BCUT2D eigenvalue weighted by Crippen LogP contribution is 2.37. The van der Waals surface area contributed by atoms with Crippen molar-refractivity contribution < 1.29 is 4.43 Å². The zero-order chi connectivity index (χ0) is 27.9. The summed E-state index contributed by atoms with van der Waals surface area (Å²) in [5, 5.41) is 8.75. The van der Waals surface area contributed by atoms with E-state index in [1.165, 1.54) is 0 Å². The molecule has 0 amide bonds. The van der Waals surface area contributed by atoms with Crippen molar-refractivity contribution in [3.8, 4) is 28.5 Å². The number of hydrogen-bond donors (Lipinski definition) is 1. The lowest BCUT2D eigenvalue weighted by Crippen LogP contribution is -2.40. The monoisotopic (exact) mass is 540 g/mol. The molecule has 0 radical (unpaired) electrons. The van der Waals surface area contributed by atoms with Gasteiger partial charge in [-0.15, -0.1) is 5.10 Å². The number of nitrogens with zero attached hydrogens (tertiary/aromatic N) is 7. The molecule has 202 valence electrons. The van der Waals surface area contributed by atoms with Crippen LogP contribution in [0.3, 0.4) is 0 Å². The van der Waals surface area contributed by atoms with Crippen molar-refractivity contribution in [3.05, 3.63) is 66.5 Å². The maximum atomic E-state index is 6.44. The highest BCUT2D eigenvalue weighted by Gasteiger charge is 2.37. The lowest BCUT2D eigenvalue weighted by atomic mass is 10.2. The van der Waals surface area contributed by atoms with E-state index in [-0.39, 0.29) is 11.1 Å². The third kappa shape index (κ3) is 5.22. The summed E-state index contributed by atoms with van der Waals surface area (Å²) >= 11 is 0. The maximum Gasteiger partial charge on any atom is 0.192 e. The number of pyridine rings is 2. The van der Waals surface area contributed by atoms with Gasteiger partial charge in [0, 0.05) is 17.9 Å². The van der Waals surface area contributed by atoms with Crippen LogP contribution in [0.5, 0.6) is 0 Å². The van der Waals surface area contributed by atoms with Crippen LogP contribution in [0.1, 0.15) is 46.2 Å². The zero-order valence-corrected chi connectivity index (χ0v) is 24.7. The maximum absolute atomic E-state index is 6.44. The second-order valence-corrected chi connectivity index (χ2v) is 16.4. The first-order valence-corrected chi connectivity index (χ1v) is 16.1. The average molecular weight is 541 g/mol. The molecule has 5 rings (SSSR count). The Morgan fingerprint density at radius 1 is 0.974 bits per heavy atom. The van der Waals surface area contributed by atoms with Crippen molar-refractivity contribution >= 4 is 25.3 Å². The van der Waals surface area contributed by atoms with Gasteiger partial charge < -0.3 is 10.2 Å². The molecule has 4 heterocycles. The molecule has 0 aliphatic heterocycles. The van der Waals surface area contributed by atoms with Crippen LogP contribution in [0.15, 0.2) is 60.9 Å². The Balaban J connectivity index is 1.59. The first-order chi connectivity index (χ1) is 18.4. The standard InChI is InChI=1S/C29H36N8OSi/c1-19(2)36-17-25(34-35-36)23-14-15-24-28(32-23)37(27(33-24)22-9-8-16-31-26(22)30)21-12-10-20(11-13-21)18-38-39(6,7)29(3,4)5/h8-17,19H,18H2,1-7H3,(H2,30,31). The van der Waals surface area contributed by atoms with Gasteiger partial charge in [-0.25, -0.2) is 19.6 Å². The summed E-state index contributed by atoms with van der Waals surface area (Å²) in [5.41, 5.74) is 12.0. The number of rotatable bonds is 7. The van der Waals surface area contributed by atoms with Crippen molar-refractivity contribution in [2.45, 2.75) is 65.4 Å². The average Bonchev–Trinajstić information content (AvgIpc) is 3.53. The van der Waals surface area contributed by atoms with Crippen LogP contribution in [-0.4, -0.2) is 42.8 Å². The van der Waals surface area contributed by atoms with Crippen molar-refractivity contribution in [2.75, 3.05) is 5.73 Å². The van der Waals surface area contributed by atoms with Gasteiger partial charge >= 0.3 is 0 Å². The van der Waals surface area contributed by atoms with Gasteiger partial charge in [0.1, 0.15) is 17.0 Å². The van der Waals surface area contributed by atoms with Gasteiger partial charge in [-0.1, -0.05) is 38.1 Å². The third-order valence-corrected chi connectivity index (χ3v) is 12.0. The predicted molar refractivity (Wildman–Crippen MR) is 158 cm³/mol. The van der Waals surface area contributed by atoms with Crippen LogP contribution in [0.4, 0.5) is 5.82 Å². The first kappa shape index (κ1) is 26.7. The van der Waals surface area contributed by atoms with Gasteiger partial charge in [-0.05, 0) is 73.9 Å². The van der Waals surface area contributed by atoms with E-state index in [9.17, 15) is 0 Å². The van der Waals surface area contributed by atoms with Crippen molar-refractivity contribution in [3.63, 3.8) is 0 Å². The molecule has 2 N–H and O–H groups in total. The number of imidazole rings is 1. The van der Waals surface area contributed by atoms with Crippen LogP contribution in [-0.2, 0) is 11.0 Å². The van der Waals surface area contributed by atoms with Crippen LogP contribution in [0.25, 0.3) is 39.6 Å². The highest BCUT2D eigenvalue weighted by atomic mass is 28.4. The molecule has 10 heteroatoms. The fourth-order valence-electron chi connectivity index (χ4n) is 4.00. The van der Waals surface area contributed by atoms with Crippen LogP contribution in [0, 0.1) is 0 Å². The smallest absolute Gasteiger partial charge is 0.192 e. The first-order valence-electron chi connectivity index (χ1n) is 13.2. The van der Waals surface area contributed by atoms with Gasteiger partial charge in [0.2, 0.25) is 0 Å². The third-order valence-electron chi connectivity index (χ3n) is 7.49. The Bertz CT molecular complexity index is 1610. The van der Waals surface area contributed by atoms with Gasteiger partial charge in [-0.3, -0.25) is 4.57 Å². The molecular formula is C29H36N8OSi. The van der Waals surface area contributed by atoms with E-state index < -0.39 is 8.32 Å². The van der Waals surface area contributed by atoms with E-state index in [2.05, 4.69) is 87.3 Å². The summed E-state index contributed by atoms with van der Waals surface area (Å²) in [6, 6.07) is 16.2. The fourth-order valence-corrected chi connectivity index (χ4v) is 4.96. The number of nitrogens with two attached hydrogens (primary N) is 1. The summed E-state index contributed by atoms with van der Waals surface area (Å²) in [4.78, 5) is 14.2. The molecule has 0 unspecified atom stereocenters. The Hall–Kier alpha value is -3.89. The minimum Gasteiger partial charge on any atom is -0.413 e. The number of hydrogen-bond acceptors (Lipinski definition) is 7. The lowest BCUT2D eigenvalue weighted by Gasteiger charge is -2.36. The van der Waals surface area contributed by atoms with E-state index in [0.29, 0.717) is 29.6 Å². The lowest BCUT2D eigenvalue weighted by molar-refractivity contribution is 0.276. The molecule has 0 aliphatic rings. The number of anilines is 1. The number of benzene rings is 1. The molecule has 0 fully saturated rings. The van der Waals surface area contributed by atoms with Crippen LogP contribution in [0.2, 0.25) is 18.1 Å². The molecule has 0 saturated heterocycles. The molecule has 9 nitrogen and oxygen atoms in total. The van der Waals surface area contributed by atoms with E-state index in [0.717, 1.165) is 28.0 Å². The minimum absolute atomic E-state index is 0.158. The Morgan fingerprint density at radius 2 is 1.72 bits per heavy atom. The van der Waals surface area contributed by atoms with Crippen molar-refractivity contribution in [2.24, 2.45) is 0 Å². The molecule has 0 bridgehead atoms. The summed E-state index contributed by atoms with van der Waals surface area (Å²) in [5.74, 6) is 1.09. The SMILES string of the molecule is CC(C)n1cc(-c2ccc3nc(-c4cccnc4N)n(-c4ccc(CO[Si](C)(C)C(C)(C)C)cc4)c3n2)nn1.